The summed E-state index contributed by atoms with van der Waals surface area (Å²) in [4.78, 5) is 20.9. The van der Waals surface area contributed by atoms with Gasteiger partial charge in [-0.2, -0.15) is 16.8 Å². The highest BCUT2D eigenvalue weighted by Crippen LogP contribution is 2.45. The van der Waals surface area contributed by atoms with Gasteiger partial charge in [-0.3, -0.25) is 19.1 Å². The average Bonchev–Trinajstić information content (AvgIpc) is 2.88. The SMILES string of the molecule is C=C(C(=O)O)C1=C(/C=C(C)/N=C(/C)C(C)(C)CCCS(=O)(=O)O)N=C(C)C1(C)CCCS(=O)(=O)O. The van der Waals surface area contributed by atoms with Crippen LogP contribution >= 0.6 is 0 Å². The molecule has 0 aromatic carbocycles. The van der Waals surface area contributed by atoms with Crippen molar-refractivity contribution < 1.29 is 35.8 Å². The molecular weight excluding hydrogens is 496 g/mol. The molecule has 1 rings (SSSR count). The Morgan fingerprint density at radius 1 is 1.11 bits per heavy atom. The van der Waals surface area contributed by atoms with E-state index in [1.807, 2.05) is 13.8 Å². The van der Waals surface area contributed by atoms with Gasteiger partial charge in [-0.1, -0.05) is 27.4 Å². The monoisotopic (exact) mass is 532 g/mol. The fraction of sp³-hybridized carbons (Fsp3) is 0.609. The zero-order valence-corrected chi connectivity index (χ0v) is 22.8. The minimum atomic E-state index is -4.16. The first-order chi connectivity index (χ1) is 15.7. The van der Waals surface area contributed by atoms with E-state index in [-0.39, 0.29) is 30.6 Å². The molecule has 0 aromatic rings. The Labute approximate surface area is 208 Å². The van der Waals surface area contributed by atoms with E-state index >= 15 is 0 Å². The molecule has 0 radical (unpaired) electrons. The fourth-order valence-corrected chi connectivity index (χ4v) is 4.98. The summed E-state index contributed by atoms with van der Waals surface area (Å²) in [6, 6.07) is 0. The highest BCUT2D eigenvalue weighted by atomic mass is 32.2. The number of allylic oxidation sites excluding steroid dienone is 2. The fourth-order valence-electron chi connectivity index (χ4n) is 3.96. The zero-order valence-electron chi connectivity index (χ0n) is 21.1. The molecule has 198 valence electrons. The van der Waals surface area contributed by atoms with Gasteiger partial charge in [0.05, 0.1) is 22.8 Å². The van der Waals surface area contributed by atoms with Crippen molar-refractivity contribution in [2.24, 2.45) is 20.8 Å². The van der Waals surface area contributed by atoms with E-state index in [2.05, 4.69) is 16.6 Å². The van der Waals surface area contributed by atoms with Crippen LogP contribution in [0.15, 0.2) is 45.2 Å². The third kappa shape index (κ3) is 9.10. The molecule has 0 saturated carbocycles. The van der Waals surface area contributed by atoms with Crippen molar-refractivity contribution in [1.29, 1.82) is 0 Å². The van der Waals surface area contributed by atoms with Gasteiger partial charge < -0.3 is 5.11 Å². The lowest BCUT2D eigenvalue weighted by Crippen LogP contribution is -2.28. The molecule has 0 bridgehead atoms. The predicted molar refractivity (Wildman–Crippen MR) is 137 cm³/mol. The van der Waals surface area contributed by atoms with Crippen LogP contribution in [-0.4, -0.2) is 59.9 Å². The van der Waals surface area contributed by atoms with Crippen LogP contribution in [0.4, 0.5) is 0 Å². The molecule has 12 heteroatoms. The molecule has 1 aliphatic rings. The van der Waals surface area contributed by atoms with E-state index in [0.717, 1.165) is 5.71 Å². The standard InChI is InChI=1S/C23H36N2O8S2/c1-15(24-17(3)22(5,6)10-8-12-34(28,29)30)14-19-20(16(2)21(26)27)23(7,18(4)25-19)11-9-13-35(31,32)33/h14H,2,8-13H2,1,3-7H3,(H,26,27)(H,28,29,30)(H,31,32,33)/b15-14+,24-17-. The molecule has 0 fully saturated rings. The van der Waals surface area contributed by atoms with Crippen LogP contribution in [-0.2, 0) is 25.0 Å². The summed E-state index contributed by atoms with van der Waals surface area (Å²) < 4.78 is 62.3. The van der Waals surface area contributed by atoms with Crippen molar-refractivity contribution in [3.8, 4) is 0 Å². The van der Waals surface area contributed by atoms with E-state index in [9.17, 15) is 26.7 Å². The Kier molecular flexibility index (Phi) is 9.95. The smallest absolute Gasteiger partial charge is 0.335 e. The molecule has 35 heavy (non-hydrogen) atoms. The second-order valence-corrected chi connectivity index (χ2v) is 12.9. The second-order valence-electron chi connectivity index (χ2n) is 9.72. The summed E-state index contributed by atoms with van der Waals surface area (Å²) in [5.41, 5.74) is 1.06. The van der Waals surface area contributed by atoms with Gasteiger partial charge in [0.15, 0.2) is 0 Å². The molecule has 0 amide bonds. The minimum Gasteiger partial charge on any atom is -0.478 e. The van der Waals surface area contributed by atoms with Gasteiger partial charge in [0.1, 0.15) is 0 Å². The van der Waals surface area contributed by atoms with Crippen LogP contribution in [0.3, 0.4) is 0 Å². The molecule has 1 atom stereocenters. The van der Waals surface area contributed by atoms with E-state index in [1.165, 1.54) is 0 Å². The van der Waals surface area contributed by atoms with Crippen LogP contribution in [0.5, 0.6) is 0 Å². The Bertz CT molecular complexity index is 1210. The van der Waals surface area contributed by atoms with Crippen LogP contribution in [0.1, 0.15) is 67.2 Å². The number of rotatable bonds is 13. The maximum atomic E-state index is 11.8. The lowest BCUT2D eigenvalue weighted by atomic mass is 9.73. The van der Waals surface area contributed by atoms with Crippen molar-refractivity contribution in [1.82, 2.24) is 0 Å². The largest absolute Gasteiger partial charge is 0.478 e. The lowest BCUT2D eigenvalue weighted by Gasteiger charge is -2.29. The summed E-state index contributed by atoms with van der Waals surface area (Å²) in [5.74, 6) is -2.02. The van der Waals surface area contributed by atoms with E-state index in [0.29, 0.717) is 29.1 Å². The van der Waals surface area contributed by atoms with Gasteiger partial charge in [-0.15, -0.1) is 0 Å². The molecule has 0 aliphatic carbocycles. The van der Waals surface area contributed by atoms with Crippen molar-refractivity contribution in [3.63, 3.8) is 0 Å². The lowest BCUT2D eigenvalue weighted by molar-refractivity contribution is -0.132. The van der Waals surface area contributed by atoms with E-state index in [4.69, 9.17) is 9.11 Å². The quantitative estimate of drug-likeness (QED) is 0.181. The van der Waals surface area contributed by atoms with Crippen molar-refractivity contribution in [3.05, 3.63) is 35.2 Å². The van der Waals surface area contributed by atoms with Gasteiger partial charge in [-0.05, 0) is 52.5 Å². The van der Waals surface area contributed by atoms with Gasteiger partial charge in [0, 0.05) is 33.5 Å². The summed E-state index contributed by atoms with van der Waals surface area (Å²) in [6.45, 7) is 14.5. The molecule has 1 aliphatic heterocycles. The number of aliphatic carboxylic acids is 1. The molecule has 0 aromatic heterocycles. The Morgan fingerprint density at radius 3 is 2.11 bits per heavy atom. The first-order valence-electron chi connectivity index (χ1n) is 11.1. The predicted octanol–water partition coefficient (Wildman–Crippen LogP) is 4.09. The van der Waals surface area contributed by atoms with Gasteiger partial charge in [-0.25, -0.2) is 4.79 Å². The molecule has 0 spiro atoms. The second kappa shape index (κ2) is 11.3. The number of carboxylic acid groups (broad SMARTS) is 1. The van der Waals surface area contributed by atoms with Crippen molar-refractivity contribution in [2.45, 2.75) is 67.2 Å². The summed E-state index contributed by atoms with van der Waals surface area (Å²) in [5, 5.41) is 9.63. The van der Waals surface area contributed by atoms with Gasteiger partial charge in [0.2, 0.25) is 0 Å². The third-order valence-electron chi connectivity index (χ3n) is 6.41. The maximum absolute atomic E-state index is 11.8. The van der Waals surface area contributed by atoms with Crippen LogP contribution < -0.4 is 0 Å². The molecule has 0 saturated heterocycles. The summed E-state index contributed by atoms with van der Waals surface area (Å²) in [6.07, 6.45) is 2.72. The molecule has 1 unspecified atom stereocenters. The van der Waals surface area contributed by atoms with Crippen LogP contribution in [0.25, 0.3) is 0 Å². The molecule has 1 heterocycles. The summed E-state index contributed by atoms with van der Waals surface area (Å²) >= 11 is 0. The maximum Gasteiger partial charge on any atom is 0.335 e. The van der Waals surface area contributed by atoms with Gasteiger partial charge >= 0.3 is 5.97 Å². The Morgan fingerprint density at radius 2 is 1.63 bits per heavy atom. The number of aliphatic imine (C=N–C) groups is 2. The number of carboxylic acids is 1. The minimum absolute atomic E-state index is 0.101. The van der Waals surface area contributed by atoms with Crippen molar-refractivity contribution >= 4 is 37.6 Å². The number of nitrogens with zero attached hydrogens (tertiary/aromatic N) is 2. The van der Waals surface area contributed by atoms with Crippen LogP contribution in [0, 0.1) is 10.8 Å². The highest BCUT2D eigenvalue weighted by Gasteiger charge is 2.41. The molecule has 10 nitrogen and oxygen atoms in total. The highest BCUT2D eigenvalue weighted by molar-refractivity contribution is 7.86. The van der Waals surface area contributed by atoms with Crippen LogP contribution in [0.2, 0.25) is 0 Å². The Balaban J connectivity index is 3.34. The molecule has 3 N–H and O–H groups in total. The average molecular weight is 533 g/mol. The first kappa shape index (κ1) is 30.9. The zero-order chi connectivity index (χ0) is 27.4. The molecular formula is C23H36N2O8S2. The summed E-state index contributed by atoms with van der Waals surface area (Å²) in [7, 11) is -8.20. The normalized spacial score (nSPS) is 20.3. The van der Waals surface area contributed by atoms with Crippen molar-refractivity contribution in [2.75, 3.05) is 11.5 Å². The van der Waals surface area contributed by atoms with E-state index in [1.54, 1.807) is 33.8 Å². The number of hydrogen-bond acceptors (Lipinski definition) is 7. The van der Waals surface area contributed by atoms with E-state index < -0.39 is 42.8 Å². The Hall–Kier alpha value is -2.15. The first-order valence-corrected chi connectivity index (χ1v) is 14.3. The number of carbonyl (C=O) groups is 1. The number of hydrogen-bond donors (Lipinski definition) is 3. The third-order valence-corrected chi connectivity index (χ3v) is 8.02. The topological polar surface area (TPSA) is 171 Å². The van der Waals surface area contributed by atoms with Gasteiger partial charge in [0.25, 0.3) is 20.2 Å².